The van der Waals surface area contributed by atoms with Gasteiger partial charge in [0.25, 0.3) is 0 Å². The smallest absolute Gasteiger partial charge is 0.128 e. The molecule has 0 spiro atoms. The SMILES string of the molecule is C=CC(Cl)c1ncc[nH]1. The second-order valence-electron chi connectivity index (χ2n) is 1.61. The molecule has 0 fully saturated rings. The van der Waals surface area contributed by atoms with E-state index in [9.17, 15) is 0 Å². The number of nitrogens with zero attached hydrogens (tertiary/aromatic N) is 1. The van der Waals surface area contributed by atoms with Gasteiger partial charge in [0, 0.05) is 12.4 Å². The van der Waals surface area contributed by atoms with E-state index in [-0.39, 0.29) is 5.38 Å². The Kier molecular flexibility index (Phi) is 1.90. The first-order valence-corrected chi connectivity index (χ1v) is 3.04. The van der Waals surface area contributed by atoms with Crippen molar-refractivity contribution in [1.29, 1.82) is 0 Å². The third-order valence-corrected chi connectivity index (χ3v) is 1.37. The first-order valence-electron chi connectivity index (χ1n) is 2.60. The van der Waals surface area contributed by atoms with Crippen LogP contribution in [-0.2, 0) is 0 Å². The minimum atomic E-state index is -0.194. The minimum absolute atomic E-state index is 0.194. The molecule has 1 heterocycles. The van der Waals surface area contributed by atoms with Crippen molar-refractivity contribution < 1.29 is 0 Å². The second kappa shape index (κ2) is 2.69. The molecule has 1 atom stereocenters. The summed E-state index contributed by atoms with van der Waals surface area (Å²) >= 11 is 5.72. The van der Waals surface area contributed by atoms with E-state index in [1.807, 2.05) is 0 Å². The van der Waals surface area contributed by atoms with E-state index in [1.165, 1.54) is 0 Å². The molecule has 0 radical (unpaired) electrons. The summed E-state index contributed by atoms with van der Waals surface area (Å²) in [6.45, 7) is 3.52. The predicted octanol–water partition coefficient (Wildman–Crippen LogP) is 1.88. The van der Waals surface area contributed by atoms with Gasteiger partial charge in [-0.1, -0.05) is 6.08 Å². The molecule has 1 aromatic heterocycles. The maximum Gasteiger partial charge on any atom is 0.128 e. The van der Waals surface area contributed by atoms with Crippen LogP contribution in [0.25, 0.3) is 0 Å². The Labute approximate surface area is 58.6 Å². The number of aromatic amines is 1. The van der Waals surface area contributed by atoms with Gasteiger partial charge in [-0.15, -0.1) is 18.2 Å². The molecule has 0 aliphatic heterocycles. The van der Waals surface area contributed by atoms with E-state index in [2.05, 4.69) is 16.5 Å². The maximum absolute atomic E-state index is 5.72. The Balaban J connectivity index is 2.76. The van der Waals surface area contributed by atoms with Crippen LogP contribution in [0.5, 0.6) is 0 Å². The summed E-state index contributed by atoms with van der Waals surface area (Å²) in [5.74, 6) is 0.742. The van der Waals surface area contributed by atoms with Crippen LogP contribution in [0, 0.1) is 0 Å². The van der Waals surface area contributed by atoms with Gasteiger partial charge in [-0.25, -0.2) is 4.98 Å². The maximum atomic E-state index is 5.72. The first-order chi connectivity index (χ1) is 4.34. The van der Waals surface area contributed by atoms with Crippen molar-refractivity contribution in [2.75, 3.05) is 0 Å². The van der Waals surface area contributed by atoms with Crippen LogP contribution in [0.1, 0.15) is 11.2 Å². The van der Waals surface area contributed by atoms with Gasteiger partial charge in [0.2, 0.25) is 0 Å². The van der Waals surface area contributed by atoms with E-state index < -0.39 is 0 Å². The summed E-state index contributed by atoms with van der Waals surface area (Å²) in [6, 6.07) is 0. The Morgan fingerprint density at radius 3 is 3.11 bits per heavy atom. The molecule has 1 unspecified atom stereocenters. The van der Waals surface area contributed by atoms with Crippen molar-refractivity contribution >= 4 is 11.6 Å². The molecule has 1 N–H and O–H groups in total. The van der Waals surface area contributed by atoms with Gasteiger partial charge in [-0.05, 0) is 0 Å². The zero-order valence-electron chi connectivity index (χ0n) is 4.84. The molecule has 9 heavy (non-hydrogen) atoms. The number of allylic oxidation sites excluding steroid dienone is 1. The van der Waals surface area contributed by atoms with E-state index in [4.69, 9.17) is 11.6 Å². The van der Waals surface area contributed by atoms with Crippen molar-refractivity contribution in [2.24, 2.45) is 0 Å². The highest BCUT2D eigenvalue weighted by Crippen LogP contribution is 2.15. The highest BCUT2D eigenvalue weighted by Gasteiger charge is 2.02. The largest absolute Gasteiger partial charge is 0.347 e. The predicted molar refractivity (Wildman–Crippen MR) is 37.4 cm³/mol. The zero-order chi connectivity index (χ0) is 6.69. The minimum Gasteiger partial charge on any atom is -0.347 e. The lowest BCUT2D eigenvalue weighted by atomic mass is 10.4. The fourth-order valence-corrected chi connectivity index (χ4v) is 0.659. The van der Waals surface area contributed by atoms with Gasteiger partial charge in [-0.2, -0.15) is 0 Å². The average Bonchev–Trinajstić information content (AvgIpc) is 2.37. The number of aromatic nitrogens is 2. The van der Waals surface area contributed by atoms with E-state index >= 15 is 0 Å². The summed E-state index contributed by atoms with van der Waals surface area (Å²) in [7, 11) is 0. The van der Waals surface area contributed by atoms with Gasteiger partial charge < -0.3 is 4.98 Å². The lowest BCUT2D eigenvalue weighted by Crippen LogP contribution is -1.86. The molecule has 0 bridgehead atoms. The zero-order valence-corrected chi connectivity index (χ0v) is 5.60. The molecule has 48 valence electrons. The first kappa shape index (κ1) is 6.36. The number of nitrogens with one attached hydrogen (secondary N) is 1. The Bertz CT molecular complexity index is 181. The molecule has 0 saturated heterocycles. The molecule has 3 heteroatoms. The van der Waals surface area contributed by atoms with Crippen LogP contribution in [0.4, 0.5) is 0 Å². The Morgan fingerprint density at radius 1 is 1.89 bits per heavy atom. The van der Waals surface area contributed by atoms with Crippen molar-refractivity contribution in [2.45, 2.75) is 5.38 Å². The molecule has 2 nitrogen and oxygen atoms in total. The van der Waals surface area contributed by atoms with Crippen LogP contribution >= 0.6 is 11.6 Å². The van der Waals surface area contributed by atoms with Gasteiger partial charge in [0.15, 0.2) is 0 Å². The van der Waals surface area contributed by atoms with Crippen LogP contribution in [0.2, 0.25) is 0 Å². The number of rotatable bonds is 2. The van der Waals surface area contributed by atoms with Gasteiger partial charge in [0.05, 0.1) is 0 Å². The normalized spacial score (nSPS) is 13.0. The van der Waals surface area contributed by atoms with Crippen LogP contribution in [-0.4, -0.2) is 9.97 Å². The molecule has 1 rings (SSSR count). The van der Waals surface area contributed by atoms with Crippen LogP contribution in [0.3, 0.4) is 0 Å². The summed E-state index contributed by atoms with van der Waals surface area (Å²) in [4.78, 5) is 6.80. The number of hydrogen-bond donors (Lipinski definition) is 1. The van der Waals surface area contributed by atoms with Crippen LogP contribution < -0.4 is 0 Å². The number of alkyl halides is 1. The van der Waals surface area contributed by atoms with E-state index in [0.29, 0.717) is 0 Å². The number of imidazole rings is 1. The van der Waals surface area contributed by atoms with Crippen molar-refractivity contribution in [1.82, 2.24) is 9.97 Å². The third-order valence-electron chi connectivity index (χ3n) is 0.988. The third kappa shape index (κ3) is 1.33. The van der Waals surface area contributed by atoms with Gasteiger partial charge in [-0.3, -0.25) is 0 Å². The molecular weight excluding hydrogens is 136 g/mol. The van der Waals surface area contributed by atoms with E-state index in [1.54, 1.807) is 18.5 Å². The van der Waals surface area contributed by atoms with Crippen molar-refractivity contribution in [3.8, 4) is 0 Å². The lowest BCUT2D eigenvalue weighted by molar-refractivity contribution is 1.03. The number of halogens is 1. The Hall–Kier alpha value is -0.760. The fraction of sp³-hybridized carbons (Fsp3) is 0.167. The monoisotopic (exact) mass is 142 g/mol. The van der Waals surface area contributed by atoms with E-state index in [0.717, 1.165) is 5.82 Å². The van der Waals surface area contributed by atoms with Gasteiger partial charge >= 0.3 is 0 Å². The quantitative estimate of drug-likeness (QED) is 0.496. The summed E-state index contributed by atoms with van der Waals surface area (Å²) in [6.07, 6.45) is 5.02. The molecule has 0 saturated carbocycles. The molecule has 0 aromatic carbocycles. The standard InChI is InChI=1S/C6H7ClN2/c1-2-5(7)6-8-3-4-9-6/h2-5H,1H2,(H,8,9). The number of H-pyrrole nitrogens is 1. The number of hydrogen-bond acceptors (Lipinski definition) is 1. The second-order valence-corrected chi connectivity index (χ2v) is 2.08. The lowest BCUT2D eigenvalue weighted by Gasteiger charge is -1.94. The van der Waals surface area contributed by atoms with Crippen LogP contribution in [0.15, 0.2) is 25.0 Å². The van der Waals surface area contributed by atoms with Crippen molar-refractivity contribution in [3.05, 3.63) is 30.9 Å². The summed E-state index contributed by atoms with van der Waals surface area (Å²) in [5, 5.41) is -0.194. The Morgan fingerprint density at radius 2 is 2.67 bits per heavy atom. The fourth-order valence-electron chi connectivity index (χ4n) is 0.540. The average molecular weight is 143 g/mol. The molecule has 0 amide bonds. The molecular formula is C6H7ClN2. The van der Waals surface area contributed by atoms with Crippen molar-refractivity contribution in [3.63, 3.8) is 0 Å². The highest BCUT2D eigenvalue weighted by atomic mass is 35.5. The summed E-state index contributed by atoms with van der Waals surface area (Å²) < 4.78 is 0. The molecule has 0 aliphatic rings. The molecule has 0 aliphatic carbocycles. The summed E-state index contributed by atoms with van der Waals surface area (Å²) in [5.41, 5.74) is 0. The highest BCUT2D eigenvalue weighted by molar-refractivity contribution is 6.21. The molecule has 1 aromatic rings. The van der Waals surface area contributed by atoms with Gasteiger partial charge in [0.1, 0.15) is 11.2 Å². The topological polar surface area (TPSA) is 28.7 Å².